The number of thiophene rings is 1. The Hall–Kier alpha value is -2.67. The summed E-state index contributed by atoms with van der Waals surface area (Å²) in [5.74, 6) is -0.237. The molecule has 1 atom stereocenters. The van der Waals surface area contributed by atoms with E-state index in [4.69, 9.17) is 0 Å². The Kier molecular flexibility index (Phi) is 3.88. The fourth-order valence-electron chi connectivity index (χ4n) is 1.98. The summed E-state index contributed by atoms with van der Waals surface area (Å²) in [7, 11) is 0. The van der Waals surface area contributed by atoms with E-state index in [9.17, 15) is 9.59 Å². The number of nitrogens with one attached hydrogen (secondary N) is 3. The summed E-state index contributed by atoms with van der Waals surface area (Å²) in [4.78, 5) is 31.3. The summed E-state index contributed by atoms with van der Waals surface area (Å²) in [6, 6.07) is 8.53. The maximum absolute atomic E-state index is 12.1. The standard InChI is InChI=1S/C15H14N4O2S/c1-9(16-14(21)10-6-7-22-8-10)13(20)19-15-17-11-4-2-3-5-12(11)18-15/h2-9H,1H3,(H,16,21)(H2,17,18,19,20)/t9-/m0/s1. The third-order valence-electron chi connectivity index (χ3n) is 3.16. The monoisotopic (exact) mass is 314 g/mol. The van der Waals surface area contributed by atoms with Gasteiger partial charge in [-0.3, -0.25) is 14.9 Å². The molecule has 2 amide bonds. The van der Waals surface area contributed by atoms with E-state index in [0.29, 0.717) is 11.5 Å². The average molecular weight is 314 g/mol. The topological polar surface area (TPSA) is 86.9 Å². The van der Waals surface area contributed by atoms with Crippen LogP contribution in [0.3, 0.4) is 0 Å². The number of nitrogens with zero attached hydrogens (tertiary/aromatic N) is 1. The first-order valence-electron chi connectivity index (χ1n) is 6.72. The molecule has 0 fully saturated rings. The Labute approximate surface area is 130 Å². The van der Waals surface area contributed by atoms with Crippen LogP contribution in [0.1, 0.15) is 17.3 Å². The van der Waals surface area contributed by atoms with Crippen LogP contribution >= 0.6 is 11.3 Å². The highest BCUT2D eigenvalue weighted by molar-refractivity contribution is 7.08. The molecule has 2 aromatic heterocycles. The largest absolute Gasteiger partial charge is 0.340 e. The molecule has 0 aliphatic rings. The highest BCUT2D eigenvalue weighted by Gasteiger charge is 2.18. The Balaban J connectivity index is 1.64. The average Bonchev–Trinajstić information content (AvgIpc) is 3.15. The molecule has 3 aromatic rings. The zero-order chi connectivity index (χ0) is 15.5. The van der Waals surface area contributed by atoms with Crippen molar-refractivity contribution in [1.82, 2.24) is 15.3 Å². The van der Waals surface area contributed by atoms with Gasteiger partial charge in [-0.1, -0.05) is 12.1 Å². The van der Waals surface area contributed by atoms with Crippen LogP contribution in [-0.4, -0.2) is 27.8 Å². The number of fused-ring (bicyclic) bond motifs is 1. The molecule has 0 saturated carbocycles. The van der Waals surface area contributed by atoms with E-state index in [1.165, 1.54) is 11.3 Å². The second-order valence-electron chi connectivity index (χ2n) is 4.80. The van der Waals surface area contributed by atoms with Gasteiger partial charge in [-0.2, -0.15) is 11.3 Å². The van der Waals surface area contributed by atoms with E-state index < -0.39 is 6.04 Å². The first-order chi connectivity index (χ1) is 10.6. The smallest absolute Gasteiger partial charge is 0.252 e. The van der Waals surface area contributed by atoms with Crippen molar-refractivity contribution in [2.45, 2.75) is 13.0 Å². The van der Waals surface area contributed by atoms with Crippen LogP contribution in [0.2, 0.25) is 0 Å². The molecular formula is C15H14N4O2S. The van der Waals surface area contributed by atoms with Crippen molar-refractivity contribution < 1.29 is 9.59 Å². The molecule has 0 unspecified atom stereocenters. The number of imidazole rings is 1. The number of amides is 2. The lowest BCUT2D eigenvalue weighted by Gasteiger charge is -2.12. The quantitative estimate of drug-likeness (QED) is 0.691. The van der Waals surface area contributed by atoms with Crippen molar-refractivity contribution >= 4 is 40.1 Å². The summed E-state index contributed by atoms with van der Waals surface area (Å²) in [6.07, 6.45) is 0. The molecular weight excluding hydrogens is 300 g/mol. The van der Waals surface area contributed by atoms with Gasteiger partial charge in [0.15, 0.2) is 0 Å². The van der Waals surface area contributed by atoms with Gasteiger partial charge < -0.3 is 10.3 Å². The lowest BCUT2D eigenvalue weighted by Crippen LogP contribution is -2.41. The second-order valence-corrected chi connectivity index (χ2v) is 5.58. The van der Waals surface area contributed by atoms with Gasteiger partial charge in [-0.15, -0.1) is 0 Å². The van der Waals surface area contributed by atoms with Gasteiger partial charge in [0.25, 0.3) is 5.91 Å². The van der Waals surface area contributed by atoms with Crippen molar-refractivity contribution in [1.29, 1.82) is 0 Å². The minimum atomic E-state index is -0.666. The molecule has 6 nitrogen and oxygen atoms in total. The first kappa shape index (κ1) is 14.3. The van der Waals surface area contributed by atoms with Crippen LogP contribution < -0.4 is 10.6 Å². The van der Waals surface area contributed by atoms with Crippen LogP contribution in [0.25, 0.3) is 11.0 Å². The summed E-state index contributed by atoms with van der Waals surface area (Å²) in [5, 5.41) is 8.86. The van der Waals surface area contributed by atoms with E-state index in [1.807, 2.05) is 29.6 Å². The number of aromatic amines is 1. The Morgan fingerprint density at radius 3 is 2.82 bits per heavy atom. The maximum atomic E-state index is 12.1. The van der Waals surface area contributed by atoms with Gasteiger partial charge in [0.05, 0.1) is 16.6 Å². The summed E-state index contributed by atoms with van der Waals surface area (Å²) >= 11 is 1.43. The number of aromatic nitrogens is 2. The first-order valence-corrected chi connectivity index (χ1v) is 7.66. The molecule has 22 heavy (non-hydrogen) atoms. The predicted octanol–water partition coefficient (Wildman–Crippen LogP) is 2.38. The minimum absolute atomic E-state index is 0.270. The molecule has 7 heteroatoms. The molecule has 3 N–H and O–H groups in total. The van der Waals surface area contributed by atoms with Crippen LogP contribution in [0.5, 0.6) is 0 Å². The highest BCUT2D eigenvalue weighted by atomic mass is 32.1. The lowest BCUT2D eigenvalue weighted by atomic mass is 10.2. The second kappa shape index (κ2) is 5.98. The minimum Gasteiger partial charge on any atom is -0.340 e. The fourth-order valence-corrected chi connectivity index (χ4v) is 2.61. The molecule has 0 saturated heterocycles. The van der Waals surface area contributed by atoms with Crippen molar-refractivity contribution in [2.24, 2.45) is 0 Å². The molecule has 3 rings (SSSR count). The number of hydrogen-bond acceptors (Lipinski definition) is 4. The van der Waals surface area contributed by atoms with Gasteiger partial charge >= 0.3 is 0 Å². The number of benzene rings is 1. The summed E-state index contributed by atoms with van der Waals surface area (Å²) in [6.45, 7) is 1.63. The van der Waals surface area contributed by atoms with Crippen molar-refractivity contribution in [2.75, 3.05) is 5.32 Å². The number of hydrogen-bond donors (Lipinski definition) is 3. The van der Waals surface area contributed by atoms with Crippen LogP contribution in [-0.2, 0) is 4.79 Å². The van der Waals surface area contributed by atoms with Gasteiger partial charge in [0.1, 0.15) is 6.04 Å². The van der Waals surface area contributed by atoms with E-state index in [1.54, 1.807) is 18.4 Å². The third-order valence-corrected chi connectivity index (χ3v) is 3.84. The predicted molar refractivity (Wildman–Crippen MR) is 86.0 cm³/mol. The Bertz CT molecular complexity index is 777. The van der Waals surface area contributed by atoms with Gasteiger partial charge in [0, 0.05) is 5.38 Å². The van der Waals surface area contributed by atoms with Crippen LogP contribution in [0, 0.1) is 0 Å². The lowest BCUT2D eigenvalue weighted by molar-refractivity contribution is -0.117. The van der Waals surface area contributed by atoms with E-state index >= 15 is 0 Å². The normalized spacial score (nSPS) is 12.0. The van der Waals surface area contributed by atoms with Crippen molar-refractivity contribution in [3.63, 3.8) is 0 Å². The molecule has 0 aliphatic carbocycles. The molecule has 0 radical (unpaired) electrons. The zero-order valence-electron chi connectivity index (χ0n) is 11.8. The molecule has 0 aliphatic heterocycles. The van der Waals surface area contributed by atoms with Crippen molar-refractivity contribution in [3.05, 3.63) is 46.7 Å². The number of para-hydroxylation sites is 2. The Morgan fingerprint density at radius 1 is 1.27 bits per heavy atom. The Morgan fingerprint density at radius 2 is 2.09 bits per heavy atom. The highest BCUT2D eigenvalue weighted by Crippen LogP contribution is 2.13. The zero-order valence-corrected chi connectivity index (χ0v) is 12.6. The molecule has 2 heterocycles. The molecule has 0 spiro atoms. The van der Waals surface area contributed by atoms with Crippen LogP contribution in [0.4, 0.5) is 5.95 Å². The maximum Gasteiger partial charge on any atom is 0.252 e. The summed E-state index contributed by atoms with van der Waals surface area (Å²) < 4.78 is 0. The molecule has 112 valence electrons. The number of H-pyrrole nitrogens is 1. The SMILES string of the molecule is C[C@H](NC(=O)c1ccsc1)C(=O)Nc1nc2ccccc2[nH]1. The van der Waals surface area contributed by atoms with E-state index in [-0.39, 0.29) is 11.8 Å². The van der Waals surface area contributed by atoms with E-state index in [2.05, 4.69) is 20.6 Å². The number of carbonyl (C=O) groups is 2. The number of carbonyl (C=O) groups excluding carboxylic acids is 2. The van der Waals surface area contributed by atoms with Gasteiger partial charge in [-0.05, 0) is 30.5 Å². The van der Waals surface area contributed by atoms with Crippen LogP contribution in [0.15, 0.2) is 41.1 Å². The summed E-state index contributed by atoms with van der Waals surface area (Å²) in [5.41, 5.74) is 2.16. The number of rotatable bonds is 4. The van der Waals surface area contributed by atoms with Crippen molar-refractivity contribution in [3.8, 4) is 0 Å². The van der Waals surface area contributed by atoms with Gasteiger partial charge in [-0.25, -0.2) is 4.98 Å². The van der Waals surface area contributed by atoms with E-state index in [0.717, 1.165) is 11.0 Å². The number of anilines is 1. The van der Waals surface area contributed by atoms with Gasteiger partial charge in [0.2, 0.25) is 11.9 Å². The molecule has 0 bridgehead atoms. The third kappa shape index (κ3) is 2.99. The molecule has 1 aromatic carbocycles. The fraction of sp³-hybridized carbons (Fsp3) is 0.133.